The second-order valence-electron chi connectivity index (χ2n) is 15.4. The fourth-order valence-corrected chi connectivity index (χ4v) is 11.3. The Kier molecular flexibility index (Phi) is 7.62. The largest absolute Gasteiger partial charge is 0.472 e. The third kappa shape index (κ3) is 4.68. The van der Waals surface area contributed by atoms with Gasteiger partial charge in [0.1, 0.15) is 18.3 Å². The standard InChI is InChI=1S/C39H46O8/c1-23(40)45-30-20-31(46-24(2)41)39(6)29-16-18-36(3)27(26-17-19-43-21-26)13-14-28(36)38(29,5)35(33-34(39)37(30,4)22-44-33)47-32(42)15-12-25-10-8-7-9-11-25/h7-12,14-15,17,19,21,27,29-31,33-35H,13,16,18,20,22H2,1-6H3/b15-12+. The van der Waals surface area contributed by atoms with Gasteiger partial charge in [-0.15, -0.1) is 0 Å². The average Bonchev–Trinajstić information content (AvgIpc) is 3.75. The van der Waals surface area contributed by atoms with Gasteiger partial charge in [-0.3, -0.25) is 9.59 Å². The summed E-state index contributed by atoms with van der Waals surface area (Å²) in [6.45, 7) is 12.2. The van der Waals surface area contributed by atoms with E-state index in [1.165, 1.54) is 31.1 Å². The van der Waals surface area contributed by atoms with E-state index in [1.54, 1.807) is 12.3 Å². The van der Waals surface area contributed by atoms with Gasteiger partial charge in [0.25, 0.3) is 0 Å². The van der Waals surface area contributed by atoms with Crippen molar-refractivity contribution in [3.8, 4) is 0 Å². The first-order valence-electron chi connectivity index (χ1n) is 17.0. The lowest BCUT2D eigenvalue weighted by Crippen LogP contribution is -2.73. The van der Waals surface area contributed by atoms with Crippen molar-refractivity contribution in [3.63, 3.8) is 0 Å². The van der Waals surface area contributed by atoms with Gasteiger partial charge in [-0.05, 0) is 59.8 Å². The summed E-state index contributed by atoms with van der Waals surface area (Å²) in [5, 5.41) is 0. The Hall–Kier alpha value is -3.65. The number of ether oxygens (including phenoxy) is 4. The molecule has 3 saturated carbocycles. The molecule has 4 fully saturated rings. The summed E-state index contributed by atoms with van der Waals surface area (Å²) >= 11 is 0. The Morgan fingerprint density at radius 2 is 1.66 bits per heavy atom. The maximum absolute atomic E-state index is 13.8. The first kappa shape index (κ1) is 31.9. The zero-order valence-corrected chi connectivity index (χ0v) is 28.2. The van der Waals surface area contributed by atoms with Gasteiger partial charge in [-0.2, -0.15) is 0 Å². The second-order valence-corrected chi connectivity index (χ2v) is 15.4. The molecule has 4 aliphatic carbocycles. The van der Waals surface area contributed by atoms with E-state index in [9.17, 15) is 14.4 Å². The molecule has 250 valence electrons. The lowest BCUT2D eigenvalue weighted by atomic mass is 9.36. The second kappa shape index (κ2) is 11.2. The van der Waals surface area contributed by atoms with E-state index in [1.807, 2.05) is 36.6 Å². The molecule has 11 unspecified atom stereocenters. The fourth-order valence-electron chi connectivity index (χ4n) is 11.3. The molecular formula is C39H46O8. The molecule has 2 aromatic rings. The van der Waals surface area contributed by atoms with Gasteiger partial charge in [-0.1, -0.05) is 69.7 Å². The number of carbonyl (C=O) groups excluding carboxylic acids is 3. The van der Waals surface area contributed by atoms with Crippen molar-refractivity contribution >= 4 is 24.0 Å². The van der Waals surface area contributed by atoms with Crippen LogP contribution in [0.1, 0.15) is 84.3 Å². The van der Waals surface area contributed by atoms with Crippen LogP contribution in [-0.4, -0.2) is 48.9 Å². The summed E-state index contributed by atoms with van der Waals surface area (Å²) < 4.78 is 31.2. The summed E-state index contributed by atoms with van der Waals surface area (Å²) in [6, 6.07) is 11.7. The van der Waals surface area contributed by atoms with Crippen LogP contribution in [0.2, 0.25) is 0 Å². The van der Waals surface area contributed by atoms with Crippen LogP contribution in [0.4, 0.5) is 0 Å². The molecule has 1 aliphatic heterocycles. The number of hydrogen-bond acceptors (Lipinski definition) is 8. The van der Waals surface area contributed by atoms with Crippen LogP contribution in [0, 0.1) is 33.5 Å². The van der Waals surface area contributed by atoms with Crippen LogP contribution < -0.4 is 0 Å². The number of esters is 3. The van der Waals surface area contributed by atoms with Crippen LogP contribution in [-0.2, 0) is 33.3 Å². The number of rotatable bonds is 6. The molecule has 0 bridgehead atoms. The van der Waals surface area contributed by atoms with Gasteiger partial charge >= 0.3 is 17.9 Å². The van der Waals surface area contributed by atoms with E-state index in [4.69, 9.17) is 23.4 Å². The summed E-state index contributed by atoms with van der Waals surface area (Å²) in [4.78, 5) is 38.9. The minimum absolute atomic E-state index is 0.0155. The van der Waals surface area contributed by atoms with Crippen molar-refractivity contribution in [2.75, 3.05) is 6.61 Å². The molecule has 1 aromatic carbocycles. The minimum Gasteiger partial charge on any atom is -0.472 e. The van der Waals surface area contributed by atoms with Gasteiger partial charge in [0.05, 0.1) is 25.2 Å². The third-order valence-electron chi connectivity index (χ3n) is 13.0. The first-order chi connectivity index (χ1) is 22.3. The van der Waals surface area contributed by atoms with E-state index >= 15 is 0 Å². The number of fused-ring (bicyclic) bond motifs is 4. The average molecular weight is 643 g/mol. The highest BCUT2D eigenvalue weighted by atomic mass is 16.6. The predicted octanol–water partition coefficient (Wildman–Crippen LogP) is 7.05. The highest BCUT2D eigenvalue weighted by molar-refractivity contribution is 5.87. The van der Waals surface area contributed by atoms with Crippen LogP contribution >= 0.6 is 0 Å². The van der Waals surface area contributed by atoms with E-state index in [-0.39, 0.29) is 35.1 Å². The van der Waals surface area contributed by atoms with Gasteiger partial charge in [0.15, 0.2) is 0 Å². The number of carbonyl (C=O) groups is 3. The van der Waals surface area contributed by atoms with E-state index in [0.717, 1.165) is 24.8 Å². The van der Waals surface area contributed by atoms with Crippen molar-refractivity contribution < 1.29 is 37.7 Å². The number of allylic oxidation sites excluding steroid dienone is 1. The molecule has 7 rings (SSSR count). The first-order valence-corrected chi connectivity index (χ1v) is 17.0. The lowest BCUT2D eigenvalue weighted by molar-refractivity contribution is -0.265. The van der Waals surface area contributed by atoms with E-state index in [0.29, 0.717) is 13.0 Å². The molecule has 0 radical (unpaired) electrons. The van der Waals surface area contributed by atoms with Crippen LogP contribution in [0.3, 0.4) is 0 Å². The smallest absolute Gasteiger partial charge is 0.331 e. The van der Waals surface area contributed by atoms with E-state index < -0.39 is 46.6 Å². The Morgan fingerprint density at radius 1 is 0.936 bits per heavy atom. The summed E-state index contributed by atoms with van der Waals surface area (Å²) in [5.41, 5.74) is 1.40. The molecule has 47 heavy (non-hydrogen) atoms. The zero-order chi connectivity index (χ0) is 33.4. The van der Waals surface area contributed by atoms with Gasteiger partial charge in [0.2, 0.25) is 0 Å². The Labute approximate surface area is 276 Å². The van der Waals surface area contributed by atoms with Crippen LogP contribution in [0.15, 0.2) is 71.1 Å². The molecule has 0 amide bonds. The predicted molar refractivity (Wildman–Crippen MR) is 174 cm³/mol. The molecule has 0 spiro atoms. The van der Waals surface area contributed by atoms with E-state index in [2.05, 4.69) is 39.8 Å². The number of furan rings is 1. The topological polar surface area (TPSA) is 101 Å². The Balaban J connectivity index is 1.36. The number of benzene rings is 1. The van der Waals surface area contributed by atoms with Gasteiger partial charge < -0.3 is 23.4 Å². The maximum atomic E-state index is 13.8. The Bertz CT molecular complexity index is 1610. The van der Waals surface area contributed by atoms with Crippen molar-refractivity contribution in [2.24, 2.45) is 33.5 Å². The summed E-state index contributed by atoms with van der Waals surface area (Å²) in [5.74, 6) is -1.16. The highest BCUT2D eigenvalue weighted by Gasteiger charge is 2.78. The quantitative estimate of drug-likeness (QED) is 0.143. The van der Waals surface area contributed by atoms with Crippen molar-refractivity contribution in [2.45, 2.75) is 97.6 Å². The molecule has 11 atom stereocenters. The highest BCUT2D eigenvalue weighted by Crippen LogP contribution is 2.76. The monoisotopic (exact) mass is 642 g/mol. The molecule has 0 N–H and O–H groups in total. The Morgan fingerprint density at radius 3 is 2.34 bits per heavy atom. The zero-order valence-electron chi connectivity index (χ0n) is 28.2. The van der Waals surface area contributed by atoms with Gasteiger partial charge in [-0.25, -0.2) is 4.79 Å². The molecule has 1 saturated heterocycles. The summed E-state index contributed by atoms with van der Waals surface area (Å²) in [7, 11) is 0. The number of hydrogen-bond donors (Lipinski definition) is 0. The van der Waals surface area contributed by atoms with Crippen molar-refractivity contribution in [1.29, 1.82) is 0 Å². The molecule has 5 aliphatic rings. The molecular weight excluding hydrogens is 596 g/mol. The molecule has 2 heterocycles. The lowest BCUT2D eigenvalue weighted by Gasteiger charge is -2.69. The fraction of sp³-hybridized carbons (Fsp3) is 0.564. The summed E-state index contributed by atoms with van der Waals surface area (Å²) in [6.07, 6.45) is 10.1. The normalized spacial score (nSPS) is 41.7. The van der Waals surface area contributed by atoms with Crippen LogP contribution in [0.25, 0.3) is 6.08 Å². The third-order valence-corrected chi connectivity index (χ3v) is 13.0. The maximum Gasteiger partial charge on any atom is 0.331 e. The molecule has 1 aromatic heterocycles. The molecule has 8 nitrogen and oxygen atoms in total. The van der Waals surface area contributed by atoms with Crippen molar-refractivity contribution in [1.82, 2.24) is 0 Å². The molecule has 8 heteroatoms. The minimum atomic E-state index is -0.629. The SMILES string of the molecule is CC(=O)OC1CC(OC(C)=O)C2(C)C3C(OCC13C)C(OC(=O)/C=C/c1ccccc1)C1(C)C3=CCC(c4ccoc4)C3(C)CCC12. The van der Waals surface area contributed by atoms with Gasteiger partial charge in [0, 0.05) is 48.5 Å². The van der Waals surface area contributed by atoms with Crippen molar-refractivity contribution in [3.05, 3.63) is 77.8 Å². The van der Waals surface area contributed by atoms with Crippen LogP contribution in [0.5, 0.6) is 0 Å².